The Balaban J connectivity index is 3.12. The summed E-state index contributed by atoms with van der Waals surface area (Å²) in [6, 6.07) is 4.96. The molecule has 5 nitrogen and oxygen atoms in total. The van der Waals surface area contributed by atoms with Gasteiger partial charge in [-0.3, -0.25) is 10.1 Å². The monoisotopic (exact) mass is 240 g/mol. The fraction of sp³-hybridized carbons (Fsp3) is 0.200. The molecule has 0 unspecified atom stereocenters. The van der Waals surface area contributed by atoms with Crippen molar-refractivity contribution in [2.24, 2.45) is 5.73 Å². The van der Waals surface area contributed by atoms with Gasteiger partial charge in [0.2, 0.25) is 0 Å². The van der Waals surface area contributed by atoms with Crippen LogP contribution >= 0.6 is 12.2 Å². The van der Waals surface area contributed by atoms with E-state index in [1.165, 1.54) is 14.2 Å². The van der Waals surface area contributed by atoms with Crippen molar-refractivity contribution >= 4 is 23.2 Å². The van der Waals surface area contributed by atoms with Crippen molar-refractivity contribution in [2.75, 3.05) is 14.2 Å². The Labute approximate surface area is 98.5 Å². The van der Waals surface area contributed by atoms with Gasteiger partial charge in [0.05, 0.1) is 19.8 Å². The minimum atomic E-state index is -0.428. The smallest absolute Gasteiger partial charge is 0.261 e. The fourth-order valence-electron chi connectivity index (χ4n) is 1.25. The molecule has 3 N–H and O–H groups in total. The molecule has 0 aliphatic carbocycles. The molecule has 0 saturated heterocycles. The molecular weight excluding hydrogens is 228 g/mol. The maximum atomic E-state index is 11.7. The minimum absolute atomic E-state index is 0.0881. The van der Waals surface area contributed by atoms with Gasteiger partial charge in [0, 0.05) is 0 Å². The van der Waals surface area contributed by atoms with Gasteiger partial charge >= 0.3 is 0 Å². The van der Waals surface area contributed by atoms with Gasteiger partial charge in [-0.2, -0.15) is 0 Å². The molecule has 0 bridgehead atoms. The summed E-state index contributed by atoms with van der Waals surface area (Å²) in [4.78, 5) is 11.7. The van der Waals surface area contributed by atoms with Crippen LogP contribution in [0.15, 0.2) is 18.2 Å². The molecule has 0 heterocycles. The largest absolute Gasteiger partial charge is 0.493 e. The predicted octanol–water partition coefficient (Wildman–Crippen LogP) is 0.677. The maximum Gasteiger partial charge on any atom is 0.261 e. The van der Waals surface area contributed by atoms with Crippen LogP contribution in [0.3, 0.4) is 0 Å². The third kappa shape index (κ3) is 2.60. The van der Waals surface area contributed by atoms with Crippen LogP contribution in [0.5, 0.6) is 11.5 Å². The number of ether oxygens (including phenoxy) is 2. The summed E-state index contributed by atoms with van der Waals surface area (Å²) in [6.07, 6.45) is 0. The molecule has 0 fully saturated rings. The van der Waals surface area contributed by atoms with Crippen LogP contribution in [0.4, 0.5) is 0 Å². The van der Waals surface area contributed by atoms with E-state index < -0.39 is 5.91 Å². The van der Waals surface area contributed by atoms with Gasteiger partial charge in [0.25, 0.3) is 5.91 Å². The van der Waals surface area contributed by atoms with Gasteiger partial charge < -0.3 is 15.2 Å². The SMILES string of the molecule is COc1cccc(C(=O)NC(N)=S)c1OC. The number of carbonyl (C=O) groups excluding carboxylic acids is 1. The highest BCUT2D eigenvalue weighted by atomic mass is 32.1. The zero-order valence-electron chi connectivity index (χ0n) is 8.94. The number of nitrogens with two attached hydrogens (primary N) is 1. The molecule has 16 heavy (non-hydrogen) atoms. The lowest BCUT2D eigenvalue weighted by Gasteiger charge is -2.11. The summed E-state index contributed by atoms with van der Waals surface area (Å²) in [5.41, 5.74) is 5.53. The Kier molecular flexibility index (Phi) is 4.07. The molecule has 0 atom stereocenters. The van der Waals surface area contributed by atoms with Crippen molar-refractivity contribution in [3.05, 3.63) is 23.8 Å². The standard InChI is InChI=1S/C10H12N2O3S/c1-14-7-5-3-4-6(8(7)15-2)9(13)12-10(11)16/h3-5H,1-2H3,(H3,11,12,13,16). The Hall–Kier alpha value is -1.82. The zero-order chi connectivity index (χ0) is 12.1. The Morgan fingerprint density at radius 1 is 1.38 bits per heavy atom. The predicted molar refractivity (Wildman–Crippen MR) is 63.8 cm³/mol. The Morgan fingerprint density at radius 2 is 2.06 bits per heavy atom. The second kappa shape index (κ2) is 5.32. The number of carbonyl (C=O) groups is 1. The molecule has 0 aliphatic rings. The number of rotatable bonds is 3. The second-order valence-electron chi connectivity index (χ2n) is 2.86. The minimum Gasteiger partial charge on any atom is -0.493 e. The molecule has 0 spiro atoms. The molecule has 6 heteroatoms. The van der Waals surface area contributed by atoms with Crippen molar-refractivity contribution in [3.8, 4) is 11.5 Å². The Bertz CT molecular complexity index is 421. The first-order valence-corrected chi connectivity index (χ1v) is 4.82. The van der Waals surface area contributed by atoms with E-state index >= 15 is 0 Å². The third-order valence-electron chi connectivity index (χ3n) is 1.88. The average molecular weight is 240 g/mol. The number of methoxy groups -OCH3 is 2. The van der Waals surface area contributed by atoms with E-state index in [-0.39, 0.29) is 5.11 Å². The first kappa shape index (κ1) is 12.3. The van der Waals surface area contributed by atoms with Crippen molar-refractivity contribution in [1.29, 1.82) is 0 Å². The van der Waals surface area contributed by atoms with Gasteiger partial charge in [0.15, 0.2) is 16.6 Å². The fourth-order valence-corrected chi connectivity index (χ4v) is 1.34. The molecule has 86 valence electrons. The summed E-state index contributed by atoms with van der Waals surface area (Å²) in [5, 5.41) is 2.23. The van der Waals surface area contributed by atoms with Gasteiger partial charge in [-0.25, -0.2) is 0 Å². The van der Waals surface area contributed by atoms with Crippen LogP contribution in [-0.4, -0.2) is 25.2 Å². The third-order valence-corrected chi connectivity index (χ3v) is 1.99. The number of benzene rings is 1. The van der Waals surface area contributed by atoms with Crippen molar-refractivity contribution in [3.63, 3.8) is 0 Å². The topological polar surface area (TPSA) is 73.6 Å². The van der Waals surface area contributed by atoms with Crippen molar-refractivity contribution in [1.82, 2.24) is 5.32 Å². The van der Waals surface area contributed by atoms with E-state index in [1.807, 2.05) is 0 Å². The molecule has 1 aromatic rings. The van der Waals surface area contributed by atoms with Crippen molar-refractivity contribution in [2.45, 2.75) is 0 Å². The number of thiocarbonyl (C=S) groups is 1. The second-order valence-corrected chi connectivity index (χ2v) is 3.30. The highest BCUT2D eigenvalue weighted by molar-refractivity contribution is 7.80. The number of hydrogen-bond acceptors (Lipinski definition) is 4. The van der Waals surface area contributed by atoms with E-state index in [4.69, 9.17) is 15.2 Å². The van der Waals surface area contributed by atoms with E-state index in [0.29, 0.717) is 17.1 Å². The number of amides is 1. The lowest BCUT2D eigenvalue weighted by molar-refractivity contribution is 0.0974. The maximum absolute atomic E-state index is 11.7. The molecule has 1 rings (SSSR count). The van der Waals surface area contributed by atoms with Crippen LogP contribution in [0, 0.1) is 0 Å². The first-order valence-electron chi connectivity index (χ1n) is 4.42. The van der Waals surface area contributed by atoms with Gasteiger partial charge in [-0.05, 0) is 24.4 Å². The Morgan fingerprint density at radius 3 is 2.56 bits per heavy atom. The van der Waals surface area contributed by atoms with Crippen LogP contribution in [0.2, 0.25) is 0 Å². The average Bonchev–Trinajstić information content (AvgIpc) is 2.26. The molecule has 1 amide bonds. The highest BCUT2D eigenvalue weighted by Crippen LogP contribution is 2.30. The lowest BCUT2D eigenvalue weighted by atomic mass is 10.1. The summed E-state index contributed by atoms with van der Waals surface area (Å²) in [5.74, 6) is 0.389. The molecule has 0 aliphatic heterocycles. The summed E-state index contributed by atoms with van der Waals surface area (Å²) < 4.78 is 10.2. The number of hydrogen-bond donors (Lipinski definition) is 2. The lowest BCUT2D eigenvalue weighted by Crippen LogP contribution is -2.34. The molecule has 1 aromatic carbocycles. The first-order chi connectivity index (χ1) is 7.60. The summed E-state index contributed by atoms with van der Waals surface area (Å²) in [7, 11) is 2.95. The molecular formula is C10H12N2O3S. The number of para-hydroxylation sites is 1. The van der Waals surface area contributed by atoms with Crippen LogP contribution in [0.1, 0.15) is 10.4 Å². The van der Waals surface area contributed by atoms with Crippen LogP contribution < -0.4 is 20.5 Å². The van der Waals surface area contributed by atoms with Crippen molar-refractivity contribution < 1.29 is 14.3 Å². The van der Waals surface area contributed by atoms with Gasteiger partial charge in [-0.15, -0.1) is 0 Å². The summed E-state index contributed by atoms with van der Waals surface area (Å²) in [6.45, 7) is 0. The van der Waals surface area contributed by atoms with E-state index in [2.05, 4.69) is 17.5 Å². The van der Waals surface area contributed by atoms with E-state index in [1.54, 1.807) is 18.2 Å². The molecule has 0 aromatic heterocycles. The normalized spacial score (nSPS) is 9.38. The quantitative estimate of drug-likeness (QED) is 0.760. The molecule has 0 radical (unpaired) electrons. The van der Waals surface area contributed by atoms with Gasteiger partial charge in [0.1, 0.15) is 0 Å². The van der Waals surface area contributed by atoms with E-state index in [0.717, 1.165) is 0 Å². The van der Waals surface area contributed by atoms with E-state index in [9.17, 15) is 4.79 Å². The zero-order valence-corrected chi connectivity index (χ0v) is 9.76. The van der Waals surface area contributed by atoms with Crippen LogP contribution in [-0.2, 0) is 0 Å². The molecule has 0 saturated carbocycles. The number of nitrogens with one attached hydrogen (secondary N) is 1. The van der Waals surface area contributed by atoms with Crippen LogP contribution in [0.25, 0.3) is 0 Å². The highest BCUT2D eigenvalue weighted by Gasteiger charge is 2.16. The van der Waals surface area contributed by atoms with Gasteiger partial charge in [-0.1, -0.05) is 6.07 Å². The summed E-state index contributed by atoms with van der Waals surface area (Å²) >= 11 is 4.59.